The largest absolute Gasteiger partial charge is 0.503 e. The van der Waals surface area contributed by atoms with Gasteiger partial charge in [-0.25, -0.2) is 8.78 Å². The van der Waals surface area contributed by atoms with E-state index < -0.39 is 40.2 Å². The topological polar surface area (TPSA) is 110 Å². The van der Waals surface area contributed by atoms with E-state index in [9.17, 15) is 28.3 Å². The number of nitrogens with zero attached hydrogens (tertiary/aromatic N) is 2. The molecule has 3 heterocycles. The quantitative estimate of drug-likeness (QED) is 0.651. The van der Waals surface area contributed by atoms with Crippen molar-refractivity contribution in [2.75, 3.05) is 33.5 Å². The Kier molecular flexibility index (Phi) is 6.67. The molecule has 1 spiro atoms. The summed E-state index contributed by atoms with van der Waals surface area (Å²) in [7, 11) is 1.52. The number of hydrogen-bond donors (Lipinski definition) is 2. The van der Waals surface area contributed by atoms with Gasteiger partial charge in [-0.1, -0.05) is 6.07 Å². The number of methoxy groups -OCH3 is 1. The van der Waals surface area contributed by atoms with Gasteiger partial charge in [-0.15, -0.1) is 0 Å². The van der Waals surface area contributed by atoms with Crippen LogP contribution in [0.5, 0.6) is 5.75 Å². The third-order valence-corrected chi connectivity index (χ3v) is 6.38. The molecule has 2 amide bonds. The lowest BCUT2D eigenvalue weighted by molar-refractivity contribution is -0.0416. The van der Waals surface area contributed by atoms with E-state index in [4.69, 9.17) is 9.47 Å². The molecule has 2 aliphatic heterocycles. The van der Waals surface area contributed by atoms with Gasteiger partial charge in [0.15, 0.2) is 11.4 Å². The second-order valence-electron chi connectivity index (χ2n) is 8.40. The minimum absolute atomic E-state index is 0.0298. The monoisotopic (exact) mass is 477 g/mol. The van der Waals surface area contributed by atoms with Crippen LogP contribution in [0.2, 0.25) is 0 Å². The van der Waals surface area contributed by atoms with E-state index in [-0.39, 0.29) is 43.1 Å². The normalized spacial score (nSPS) is 17.0. The van der Waals surface area contributed by atoms with Crippen molar-refractivity contribution < 1.29 is 33.0 Å². The van der Waals surface area contributed by atoms with E-state index in [1.807, 2.05) is 0 Å². The van der Waals surface area contributed by atoms with Crippen LogP contribution in [-0.4, -0.2) is 65.4 Å². The number of amides is 2. The number of carbonyl (C=O) groups excluding carboxylic acids is 2. The van der Waals surface area contributed by atoms with E-state index in [1.165, 1.54) is 23.9 Å². The van der Waals surface area contributed by atoms with Crippen molar-refractivity contribution in [2.24, 2.45) is 0 Å². The molecule has 4 rings (SSSR count). The van der Waals surface area contributed by atoms with Gasteiger partial charge in [-0.3, -0.25) is 14.4 Å². The lowest BCUT2D eigenvalue weighted by Crippen LogP contribution is -2.61. The van der Waals surface area contributed by atoms with Crippen LogP contribution in [0, 0.1) is 11.6 Å². The Hall–Kier alpha value is -3.31. The molecule has 0 aliphatic carbocycles. The number of fused-ring (bicyclic) bond motifs is 1. The van der Waals surface area contributed by atoms with Crippen LogP contribution in [0.1, 0.15) is 39.3 Å². The van der Waals surface area contributed by atoms with Crippen LogP contribution in [0.4, 0.5) is 8.78 Å². The summed E-state index contributed by atoms with van der Waals surface area (Å²) < 4.78 is 39.0. The molecule has 2 aliphatic rings. The molecule has 11 heteroatoms. The minimum Gasteiger partial charge on any atom is -0.503 e. The summed E-state index contributed by atoms with van der Waals surface area (Å²) in [5.74, 6) is -3.80. The highest BCUT2D eigenvalue weighted by Gasteiger charge is 2.47. The number of aromatic nitrogens is 1. The zero-order chi connectivity index (χ0) is 24.5. The molecular formula is C23H25F2N3O6. The van der Waals surface area contributed by atoms with E-state index >= 15 is 0 Å². The molecule has 2 N–H and O–H groups in total. The molecule has 1 aromatic carbocycles. The van der Waals surface area contributed by atoms with Crippen LogP contribution in [0.3, 0.4) is 0 Å². The molecular weight excluding hydrogens is 452 g/mol. The summed E-state index contributed by atoms with van der Waals surface area (Å²) >= 11 is 0. The Balaban J connectivity index is 1.66. The van der Waals surface area contributed by atoms with E-state index in [0.29, 0.717) is 32.1 Å². The third kappa shape index (κ3) is 4.28. The number of nitrogens with one attached hydrogen (secondary N) is 1. The number of rotatable bonds is 6. The van der Waals surface area contributed by atoms with E-state index in [1.54, 1.807) is 4.90 Å². The van der Waals surface area contributed by atoms with Crippen molar-refractivity contribution >= 4 is 11.8 Å². The Morgan fingerprint density at radius 3 is 2.68 bits per heavy atom. The Labute approximate surface area is 193 Å². The van der Waals surface area contributed by atoms with Crippen molar-refractivity contribution in [3.63, 3.8) is 0 Å². The van der Waals surface area contributed by atoms with Crippen LogP contribution in [0.15, 0.2) is 29.2 Å². The molecule has 0 bridgehead atoms. The number of aromatic hydroxyl groups is 1. The number of benzene rings is 1. The molecule has 1 saturated heterocycles. The van der Waals surface area contributed by atoms with Gasteiger partial charge in [0.05, 0.1) is 12.1 Å². The SMILES string of the molecule is COCCN1C(=O)c2c(O)c(=O)c(C(=O)NCc3ccc(F)cc3F)cn2CC12CCOCC2. The van der Waals surface area contributed by atoms with Gasteiger partial charge in [0, 0.05) is 57.8 Å². The molecule has 0 unspecified atom stereocenters. The molecule has 2 aromatic rings. The molecule has 0 saturated carbocycles. The predicted octanol–water partition coefficient (Wildman–Crippen LogP) is 1.41. The summed E-state index contributed by atoms with van der Waals surface area (Å²) in [4.78, 5) is 40.5. The number of halogens is 2. The lowest BCUT2D eigenvalue weighted by Gasteiger charge is -2.50. The fourth-order valence-corrected chi connectivity index (χ4v) is 4.54. The smallest absolute Gasteiger partial charge is 0.275 e. The van der Waals surface area contributed by atoms with Gasteiger partial charge in [0.25, 0.3) is 11.8 Å². The van der Waals surface area contributed by atoms with Gasteiger partial charge < -0.3 is 29.4 Å². The van der Waals surface area contributed by atoms with Crippen molar-refractivity contribution in [3.8, 4) is 5.75 Å². The molecule has 0 atom stereocenters. The average Bonchev–Trinajstić information content (AvgIpc) is 2.81. The minimum atomic E-state index is -1.01. The van der Waals surface area contributed by atoms with E-state index in [2.05, 4.69) is 5.32 Å². The van der Waals surface area contributed by atoms with Crippen molar-refractivity contribution in [1.82, 2.24) is 14.8 Å². The first-order chi connectivity index (χ1) is 16.3. The first kappa shape index (κ1) is 23.8. The van der Waals surface area contributed by atoms with Gasteiger partial charge in [0.1, 0.15) is 17.2 Å². The number of carbonyl (C=O) groups is 2. The van der Waals surface area contributed by atoms with Gasteiger partial charge >= 0.3 is 0 Å². The molecule has 1 aromatic heterocycles. The fourth-order valence-electron chi connectivity index (χ4n) is 4.54. The fraction of sp³-hybridized carbons (Fsp3) is 0.435. The maximum absolute atomic E-state index is 13.9. The molecule has 34 heavy (non-hydrogen) atoms. The van der Waals surface area contributed by atoms with Crippen LogP contribution >= 0.6 is 0 Å². The van der Waals surface area contributed by atoms with Crippen LogP contribution < -0.4 is 10.7 Å². The Morgan fingerprint density at radius 2 is 2.00 bits per heavy atom. The number of hydrogen-bond acceptors (Lipinski definition) is 6. The van der Waals surface area contributed by atoms with E-state index in [0.717, 1.165) is 6.07 Å². The maximum atomic E-state index is 13.9. The Morgan fingerprint density at radius 1 is 1.26 bits per heavy atom. The van der Waals surface area contributed by atoms with Crippen LogP contribution in [-0.2, 0) is 22.6 Å². The first-order valence-electron chi connectivity index (χ1n) is 10.8. The summed E-state index contributed by atoms with van der Waals surface area (Å²) in [6.45, 7) is 1.39. The third-order valence-electron chi connectivity index (χ3n) is 6.38. The zero-order valence-corrected chi connectivity index (χ0v) is 18.6. The molecule has 1 fully saturated rings. The standard InChI is InChI=1S/C23H25F2N3O6/c1-33-9-6-28-22(32)18-20(30)19(29)16(12-27(18)13-23(28)4-7-34-8-5-23)21(31)26-11-14-2-3-15(24)10-17(14)25/h2-3,10,12,30H,4-9,11,13H2,1H3,(H,26,31). The second-order valence-corrected chi connectivity index (χ2v) is 8.40. The summed E-state index contributed by atoms with van der Waals surface area (Å²) in [5, 5.41) is 13.0. The molecule has 9 nitrogen and oxygen atoms in total. The highest BCUT2D eigenvalue weighted by molar-refractivity contribution is 5.99. The lowest BCUT2D eigenvalue weighted by atomic mass is 9.85. The van der Waals surface area contributed by atoms with Gasteiger partial charge in [0.2, 0.25) is 5.43 Å². The first-order valence-corrected chi connectivity index (χ1v) is 10.8. The van der Waals surface area contributed by atoms with Crippen molar-refractivity contribution in [1.29, 1.82) is 0 Å². The molecule has 182 valence electrons. The van der Waals surface area contributed by atoms with Gasteiger partial charge in [-0.05, 0) is 18.9 Å². The number of ether oxygens (including phenoxy) is 2. The predicted molar refractivity (Wildman–Crippen MR) is 116 cm³/mol. The highest BCUT2D eigenvalue weighted by atomic mass is 19.1. The maximum Gasteiger partial charge on any atom is 0.275 e. The Bertz CT molecular complexity index is 1180. The summed E-state index contributed by atoms with van der Waals surface area (Å²) in [5.41, 5.74) is -2.18. The number of pyridine rings is 1. The van der Waals surface area contributed by atoms with Gasteiger partial charge in [-0.2, -0.15) is 0 Å². The molecule has 0 radical (unpaired) electrons. The second kappa shape index (κ2) is 9.51. The highest BCUT2D eigenvalue weighted by Crippen LogP contribution is 2.36. The average molecular weight is 477 g/mol. The summed E-state index contributed by atoms with van der Waals surface area (Å²) in [6, 6.07) is 2.93. The zero-order valence-electron chi connectivity index (χ0n) is 18.6. The summed E-state index contributed by atoms with van der Waals surface area (Å²) in [6.07, 6.45) is 2.33. The van der Waals surface area contributed by atoms with Crippen LogP contribution in [0.25, 0.3) is 0 Å². The van der Waals surface area contributed by atoms with Crippen molar-refractivity contribution in [2.45, 2.75) is 31.5 Å². The van der Waals surface area contributed by atoms with Crippen molar-refractivity contribution in [3.05, 3.63) is 63.1 Å².